The third kappa shape index (κ3) is 5.01. The van der Waals surface area contributed by atoms with Gasteiger partial charge in [0.2, 0.25) is 0 Å². The van der Waals surface area contributed by atoms with Crippen LogP contribution in [0.15, 0.2) is 36.4 Å². The van der Waals surface area contributed by atoms with E-state index < -0.39 is 29.9 Å². The number of aliphatic hydroxyl groups is 2. The molecule has 1 amide bonds. The third-order valence-corrected chi connectivity index (χ3v) is 5.16. The van der Waals surface area contributed by atoms with Crippen LogP contribution in [0.2, 0.25) is 0 Å². The Labute approximate surface area is 170 Å². The van der Waals surface area contributed by atoms with E-state index in [9.17, 15) is 9.59 Å². The standard InChI is InChI=1S/C23H26N2O4/c1-23(2,24)21(20(28)13-27)25-22(29)18-8-7-15-9-14(3-5-16(15)10-18)4-6-17-11-19(17)12-26/h3,5,7-10,17,19,21,26-27H,11-13,24H2,1-2H3,(H,25,29)/t17?,19-,21-/m1/s1. The minimum absolute atomic E-state index is 0.188. The zero-order valence-corrected chi connectivity index (χ0v) is 16.6. The Morgan fingerprint density at radius 1 is 1.21 bits per heavy atom. The molecule has 1 saturated carbocycles. The fourth-order valence-corrected chi connectivity index (χ4v) is 3.25. The van der Waals surface area contributed by atoms with E-state index in [1.165, 1.54) is 0 Å². The van der Waals surface area contributed by atoms with Crippen LogP contribution in [-0.2, 0) is 4.79 Å². The molecule has 3 atom stereocenters. The Morgan fingerprint density at radius 2 is 1.90 bits per heavy atom. The number of carbonyl (C=O) groups excluding carboxylic acids is 2. The van der Waals surface area contributed by atoms with Gasteiger partial charge in [0, 0.05) is 29.2 Å². The number of Topliss-reactive ketones (excluding diaryl/α,β-unsaturated/α-hetero) is 1. The summed E-state index contributed by atoms with van der Waals surface area (Å²) in [7, 11) is 0. The van der Waals surface area contributed by atoms with Crippen LogP contribution in [0.3, 0.4) is 0 Å². The van der Waals surface area contributed by atoms with Gasteiger partial charge in [-0.2, -0.15) is 0 Å². The first-order valence-corrected chi connectivity index (χ1v) is 9.62. The Morgan fingerprint density at radius 3 is 2.52 bits per heavy atom. The topological polar surface area (TPSA) is 113 Å². The van der Waals surface area contributed by atoms with Crippen molar-refractivity contribution in [2.75, 3.05) is 13.2 Å². The van der Waals surface area contributed by atoms with Crippen LogP contribution in [-0.4, -0.2) is 46.7 Å². The summed E-state index contributed by atoms with van der Waals surface area (Å²) in [5, 5.41) is 22.7. The van der Waals surface area contributed by atoms with Crippen molar-refractivity contribution in [3.8, 4) is 11.8 Å². The van der Waals surface area contributed by atoms with Gasteiger partial charge in [0.1, 0.15) is 12.6 Å². The first-order chi connectivity index (χ1) is 13.7. The first kappa shape index (κ1) is 21.0. The summed E-state index contributed by atoms with van der Waals surface area (Å²) in [5.41, 5.74) is 6.27. The molecule has 0 bridgehead atoms. The fourth-order valence-electron chi connectivity index (χ4n) is 3.25. The van der Waals surface area contributed by atoms with Crippen LogP contribution in [0.4, 0.5) is 0 Å². The molecule has 0 spiro atoms. The highest BCUT2D eigenvalue weighted by Crippen LogP contribution is 2.37. The molecule has 29 heavy (non-hydrogen) atoms. The summed E-state index contributed by atoms with van der Waals surface area (Å²) in [6, 6.07) is 10.0. The summed E-state index contributed by atoms with van der Waals surface area (Å²) in [6.07, 6.45) is 0.953. The van der Waals surface area contributed by atoms with Gasteiger partial charge >= 0.3 is 0 Å². The highest BCUT2D eigenvalue weighted by atomic mass is 16.3. The van der Waals surface area contributed by atoms with Gasteiger partial charge < -0.3 is 21.3 Å². The Hall–Kier alpha value is -2.72. The van der Waals surface area contributed by atoms with Crippen molar-refractivity contribution < 1.29 is 19.8 Å². The number of hydrogen-bond donors (Lipinski definition) is 4. The van der Waals surface area contributed by atoms with Gasteiger partial charge in [-0.15, -0.1) is 0 Å². The quantitative estimate of drug-likeness (QED) is 0.550. The Bertz CT molecular complexity index is 997. The molecule has 152 valence electrons. The lowest BCUT2D eigenvalue weighted by molar-refractivity contribution is -0.124. The number of benzene rings is 2. The second-order valence-electron chi connectivity index (χ2n) is 8.18. The molecular weight excluding hydrogens is 368 g/mol. The van der Waals surface area contributed by atoms with Crippen molar-refractivity contribution in [2.45, 2.75) is 31.8 Å². The highest BCUT2D eigenvalue weighted by Gasteiger charge is 2.34. The average Bonchev–Trinajstić information content (AvgIpc) is 3.47. The minimum atomic E-state index is -1.00. The molecule has 0 radical (unpaired) electrons. The van der Waals surface area contributed by atoms with E-state index in [2.05, 4.69) is 17.2 Å². The van der Waals surface area contributed by atoms with Crippen LogP contribution < -0.4 is 11.1 Å². The van der Waals surface area contributed by atoms with Crippen molar-refractivity contribution in [2.24, 2.45) is 17.6 Å². The maximum absolute atomic E-state index is 12.6. The van der Waals surface area contributed by atoms with Gasteiger partial charge in [-0.25, -0.2) is 0 Å². The van der Waals surface area contributed by atoms with Gasteiger partial charge in [-0.3, -0.25) is 9.59 Å². The van der Waals surface area contributed by atoms with Crippen LogP contribution >= 0.6 is 0 Å². The van der Waals surface area contributed by atoms with Crippen LogP contribution in [0.5, 0.6) is 0 Å². The monoisotopic (exact) mass is 394 g/mol. The predicted octanol–water partition coefficient (Wildman–Crippen LogP) is 1.22. The number of fused-ring (bicyclic) bond motifs is 1. The number of nitrogens with two attached hydrogens (primary N) is 1. The van der Waals surface area contributed by atoms with E-state index in [1.54, 1.807) is 26.0 Å². The van der Waals surface area contributed by atoms with E-state index in [4.69, 9.17) is 15.9 Å². The van der Waals surface area contributed by atoms with Gasteiger partial charge in [0.25, 0.3) is 5.91 Å². The lowest BCUT2D eigenvalue weighted by Crippen LogP contribution is -2.59. The molecule has 0 aliphatic heterocycles. The van der Waals surface area contributed by atoms with Crippen LogP contribution in [0.25, 0.3) is 10.8 Å². The maximum atomic E-state index is 12.6. The summed E-state index contributed by atoms with van der Waals surface area (Å²) < 4.78 is 0. The number of amides is 1. The maximum Gasteiger partial charge on any atom is 0.251 e. The largest absolute Gasteiger partial charge is 0.396 e. The van der Waals surface area contributed by atoms with E-state index in [0.717, 1.165) is 22.8 Å². The Balaban J connectivity index is 1.77. The highest BCUT2D eigenvalue weighted by molar-refractivity contribution is 6.01. The van der Waals surface area contributed by atoms with Gasteiger partial charge in [0.15, 0.2) is 5.78 Å². The van der Waals surface area contributed by atoms with Gasteiger partial charge in [0.05, 0.1) is 0 Å². The van der Waals surface area contributed by atoms with Crippen molar-refractivity contribution >= 4 is 22.5 Å². The molecule has 2 aromatic carbocycles. The first-order valence-electron chi connectivity index (χ1n) is 9.62. The molecule has 0 heterocycles. The van der Waals surface area contributed by atoms with E-state index >= 15 is 0 Å². The molecule has 0 aromatic heterocycles. The molecule has 0 saturated heterocycles. The molecule has 3 rings (SSSR count). The van der Waals surface area contributed by atoms with Crippen molar-refractivity contribution in [1.29, 1.82) is 0 Å². The molecule has 2 aromatic rings. The predicted molar refractivity (Wildman–Crippen MR) is 111 cm³/mol. The second-order valence-corrected chi connectivity index (χ2v) is 8.18. The summed E-state index contributed by atoms with van der Waals surface area (Å²) in [5.74, 6) is 5.96. The second kappa shape index (κ2) is 8.34. The van der Waals surface area contributed by atoms with Crippen molar-refractivity contribution in [1.82, 2.24) is 5.32 Å². The summed E-state index contributed by atoms with van der Waals surface area (Å²) in [4.78, 5) is 24.6. The smallest absolute Gasteiger partial charge is 0.251 e. The van der Waals surface area contributed by atoms with Gasteiger partial charge in [-0.05, 0) is 61.2 Å². The minimum Gasteiger partial charge on any atom is -0.396 e. The SMILES string of the molecule is CC(C)(N)[C@H](NC(=O)c1ccc2cc(C#CC3C[C@@H]3CO)ccc2c1)C(=O)CO. The molecule has 1 fully saturated rings. The van der Waals surface area contributed by atoms with Gasteiger partial charge in [-0.1, -0.05) is 24.0 Å². The fraction of sp³-hybridized carbons (Fsp3) is 0.391. The number of nitrogens with one attached hydrogen (secondary N) is 1. The summed E-state index contributed by atoms with van der Waals surface area (Å²) >= 11 is 0. The molecule has 5 N–H and O–H groups in total. The molecule has 1 aliphatic carbocycles. The van der Waals surface area contributed by atoms with Crippen molar-refractivity contribution in [3.63, 3.8) is 0 Å². The lowest BCUT2D eigenvalue weighted by Gasteiger charge is -2.29. The number of rotatable bonds is 6. The number of aliphatic hydroxyl groups excluding tert-OH is 2. The number of carbonyl (C=O) groups is 2. The van der Waals surface area contributed by atoms with Crippen LogP contribution in [0, 0.1) is 23.7 Å². The number of hydrogen-bond acceptors (Lipinski definition) is 5. The van der Waals surface area contributed by atoms with Crippen LogP contribution in [0.1, 0.15) is 36.2 Å². The summed E-state index contributed by atoms with van der Waals surface area (Å²) in [6.45, 7) is 2.75. The molecule has 6 nitrogen and oxygen atoms in total. The zero-order valence-electron chi connectivity index (χ0n) is 16.6. The average molecular weight is 394 g/mol. The third-order valence-electron chi connectivity index (χ3n) is 5.16. The zero-order chi connectivity index (χ0) is 21.2. The van der Waals surface area contributed by atoms with E-state index in [-0.39, 0.29) is 12.5 Å². The normalized spacial score (nSPS) is 19.2. The Kier molecular flexibility index (Phi) is 6.04. The lowest BCUT2D eigenvalue weighted by atomic mass is 9.92. The van der Waals surface area contributed by atoms with Crippen molar-refractivity contribution in [3.05, 3.63) is 47.5 Å². The molecule has 1 unspecified atom stereocenters. The van der Waals surface area contributed by atoms with E-state index in [1.807, 2.05) is 24.3 Å². The molecule has 1 aliphatic rings. The number of ketones is 1. The van der Waals surface area contributed by atoms with E-state index in [0.29, 0.717) is 11.5 Å². The molecule has 6 heteroatoms. The molecular formula is C23H26N2O4.